The van der Waals surface area contributed by atoms with Crippen LogP contribution in [0, 0.1) is 3.57 Å². The molecular formula is C20H19IN2O3S. The van der Waals surface area contributed by atoms with Gasteiger partial charge in [0.2, 0.25) is 0 Å². The van der Waals surface area contributed by atoms with Gasteiger partial charge in [-0.2, -0.15) is 0 Å². The zero-order valence-corrected chi connectivity index (χ0v) is 18.2. The second-order valence-corrected chi connectivity index (χ2v) is 7.80. The quantitative estimate of drug-likeness (QED) is 0.437. The van der Waals surface area contributed by atoms with Crippen LogP contribution in [0.15, 0.2) is 52.4 Å². The van der Waals surface area contributed by atoms with E-state index in [-0.39, 0.29) is 5.91 Å². The lowest BCUT2D eigenvalue weighted by atomic mass is 10.2. The third-order valence-corrected chi connectivity index (χ3v) is 5.75. The molecule has 1 fully saturated rings. The third-order valence-electron chi connectivity index (χ3n) is 3.94. The molecule has 5 nitrogen and oxygen atoms in total. The predicted molar refractivity (Wildman–Crippen MR) is 119 cm³/mol. The Labute approximate surface area is 176 Å². The number of para-hydroxylation sites is 1. The number of benzene rings is 2. The summed E-state index contributed by atoms with van der Waals surface area (Å²) < 4.78 is 11.7. The summed E-state index contributed by atoms with van der Waals surface area (Å²) in [5.41, 5.74) is 1.71. The average molecular weight is 494 g/mol. The van der Waals surface area contributed by atoms with E-state index in [1.165, 1.54) is 11.8 Å². The monoisotopic (exact) mass is 494 g/mol. The van der Waals surface area contributed by atoms with Crippen molar-refractivity contribution in [2.45, 2.75) is 6.92 Å². The first-order valence-electron chi connectivity index (χ1n) is 8.34. The van der Waals surface area contributed by atoms with E-state index in [0.29, 0.717) is 28.1 Å². The number of amidine groups is 1. The Morgan fingerprint density at radius 3 is 2.56 bits per heavy atom. The van der Waals surface area contributed by atoms with E-state index in [9.17, 15) is 4.79 Å². The summed E-state index contributed by atoms with van der Waals surface area (Å²) in [4.78, 5) is 19.8. The highest BCUT2D eigenvalue weighted by Crippen LogP contribution is 2.37. The molecule has 1 aliphatic rings. The molecule has 1 amide bonds. The van der Waals surface area contributed by atoms with Crippen LogP contribution in [0.3, 0.4) is 0 Å². The van der Waals surface area contributed by atoms with Crippen molar-refractivity contribution in [3.05, 3.63) is 56.5 Å². The molecule has 1 heterocycles. The van der Waals surface area contributed by atoms with Gasteiger partial charge in [-0.15, -0.1) is 0 Å². The number of aliphatic imine (C=N–C) groups is 1. The molecule has 2 aromatic carbocycles. The lowest BCUT2D eigenvalue weighted by Gasteiger charge is -2.12. The molecule has 0 unspecified atom stereocenters. The minimum atomic E-state index is -0.0398. The van der Waals surface area contributed by atoms with Crippen LogP contribution in [0.25, 0.3) is 6.08 Å². The van der Waals surface area contributed by atoms with Crippen LogP contribution < -0.4 is 9.47 Å². The number of amides is 1. The van der Waals surface area contributed by atoms with E-state index in [2.05, 4.69) is 27.6 Å². The van der Waals surface area contributed by atoms with E-state index in [1.54, 1.807) is 19.1 Å². The SMILES string of the molecule is CCN1C(=O)/C(=C\c2cc(I)c(OC)c(OC)c2)SC1=Nc1ccccc1. The highest BCUT2D eigenvalue weighted by atomic mass is 127. The van der Waals surface area contributed by atoms with Gasteiger partial charge in [-0.3, -0.25) is 9.69 Å². The summed E-state index contributed by atoms with van der Waals surface area (Å²) in [5.74, 6) is 1.28. The number of carbonyl (C=O) groups excluding carboxylic acids is 1. The van der Waals surface area contributed by atoms with Crippen molar-refractivity contribution in [2.75, 3.05) is 20.8 Å². The van der Waals surface area contributed by atoms with Crippen LogP contribution in [0.1, 0.15) is 12.5 Å². The lowest BCUT2D eigenvalue weighted by molar-refractivity contribution is -0.122. The van der Waals surface area contributed by atoms with E-state index in [4.69, 9.17) is 9.47 Å². The number of ether oxygens (including phenoxy) is 2. The molecule has 140 valence electrons. The number of methoxy groups -OCH3 is 2. The number of likely N-dealkylation sites (N-methyl/N-ethyl adjacent to an activating group) is 1. The molecule has 0 saturated carbocycles. The average Bonchev–Trinajstić information content (AvgIpc) is 2.96. The van der Waals surface area contributed by atoms with E-state index >= 15 is 0 Å². The Balaban J connectivity index is 1.97. The van der Waals surface area contributed by atoms with Gasteiger partial charge in [-0.05, 0) is 77.2 Å². The molecule has 0 spiro atoms. The van der Waals surface area contributed by atoms with Crippen LogP contribution in [0.4, 0.5) is 5.69 Å². The number of thioether (sulfide) groups is 1. The number of hydrogen-bond donors (Lipinski definition) is 0. The molecule has 0 aromatic heterocycles. The second kappa shape index (κ2) is 8.79. The van der Waals surface area contributed by atoms with Gasteiger partial charge in [-0.1, -0.05) is 18.2 Å². The molecule has 0 N–H and O–H groups in total. The van der Waals surface area contributed by atoms with Gasteiger partial charge in [0.05, 0.1) is 28.4 Å². The maximum atomic E-state index is 12.8. The summed E-state index contributed by atoms with van der Waals surface area (Å²) in [5, 5.41) is 0.690. The van der Waals surface area contributed by atoms with Crippen molar-refractivity contribution in [3.63, 3.8) is 0 Å². The zero-order valence-electron chi connectivity index (χ0n) is 15.2. The zero-order chi connectivity index (χ0) is 19.4. The molecule has 0 aliphatic carbocycles. The summed E-state index contributed by atoms with van der Waals surface area (Å²) in [6.45, 7) is 2.51. The minimum Gasteiger partial charge on any atom is -0.493 e. The van der Waals surface area contributed by atoms with Gasteiger partial charge in [0.25, 0.3) is 5.91 Å². The largest absolute Gasteiger partial charge is 0.493 e. The molecule has 27 heavy (non-hydrogen) atoms. The summed E-state index contributed by atoms with van der Waals surface area (Å²) in [6, 6.07) is 13.5. The standard InChI is InChI=1S/C20H19IN2O3S/c1-4-23-19(24)17(27-20(23)22-14-8-6-5-7-9-14)12-13-10-15(21)18(26-3)16(11-13)25-2/h5-12H,4H2,1-3H3/b17-12+,22-20?. The van der Waals surface area contributed by atoms with Crippen LogP contribution >= 0.6 is 34.4 Å². The van der Waals surface area contributed by atoms with Gasteiger partial charge >= 0.3 is 0 Å². The van der Waals surface area contributed by atoms with Crippen molar-refractivity contribution in [1.82, 2.24) is 4.90 Å². The molecule has 1 saturated heterocycles. The van der Waals surface area contributed by atoms with Gasteiger partial charge in [-0.25, -0.2) is 4.99 Å². The van der Waals surface area contributed by atoms with Crippen molar-refractivity contribution in [1.29, 1.82) is 0 Å². The Bertz CT molecular complexity index is 913. The first-order valence-corrected chi connectivity index (χ1v) is 10.2. The highest BCUT2D eigenvalue weighted by molar-refractivity contribution is 14.1. The van der Waals surface area contributed by atoms with Crippen LogP contribution in [0.2, 0.25) is 0 Å². The summed E-state index contributed by atoms with van der Waals surface area (Å²) >= 11 is 3.58. The Hall–Kier alpha value is -2.00. The molecule has 0 bridgehead atoms. The topological polar surface area (TPSA) is 51.1 Å². The lowest BCUT2D eigenvalue weighted by Crippen LogP contribution is -2.28. The number of rotatable bonds is 5. The third kappa shape index (κ3) is 4.30. The smallest absolute Gasteiger partial charge is 0.266 e. The fourth-order valence-electron chi connectivity index (χ4n) is 2.66. The van der Waals surface area contributed by atoms with Crippen LogP contribution in [-0.2, 0) is 4.79 Å². The minimum absolute atomic E-state index is 0.0398. The Kier molecular flexibility index (Phi) is 6.43. The number of halogens is 1. The summed E-state index contributed by atoms with van der Waals surface area (Å²) in [6.07, 6.45) is 1.87. The van der Waals surface area contributed by atoms with Crippen molar-refractivity contribution < 1.29 is 14.3 Å². The molecule has 1 aliphatic heterocycles. The van der Waals surface area contributed by atoms with Crippen molar-refractivity contribution >= 4 is 57.2 Å². The van der Waals surface area contributed by atoms with E-state index < -0.39 is 0 Å². The normalized spacial score (nSPS) is 17.0. The van der Waals surface area contributed by atoms with E-state index in [0.717, 1.165) is 14.8 Å². The Morgan fingerprint density at radius 1 is 1.19 bits per heavy atom. The molecule has 0 atom stereocenters. The van der Waals surface area contributed by atoms with Gasteiger partial charge in [0, 0.05) is 6.54 Å². The number of hydrogen-bond acceptors (Lipinski definition) is 5. The predicted octanol–water partition coefficient (Wildman–Crippen LogP) is 4.93. The maximum absolute atomic E-state index is 12.8. The van der Waals surface area contributed by atoms with Gasteiger partial charge in [0.1, 0.15) is 0 Å². The van der Waals surface area contributed by atoms with E-state index in [1.807, 2.05) is 55.5 Å². The van der Waals surface area contributed by atoms with Gasteiger partial charge in [0.15, 0.2) is 16.7 Å². The second-order valence-electron chi connectivity index (χ2n) is 5.63. The number of nitrogens with zero attached hydrogens (tertiary/aromatic N) is 2. The Morgan fingerprint density at radius 2 is 1.93 bits per heavy atom. The maximum Gasteiger partial charge on any atom is 0.266 e. The van der Waals surface area contributed by atoms with Crippen LogP contribution in [-0.4, -0.2) is 36.7 Å². The fourth-order valence-corrected chi connectivity index (χ4v) is 4.56. The molecular weight excluding hydrogens is 475 g/mol. The first-order chi connectivity index (χ1) is 13.1. The molecule has 2 aromatic rings. The van der Waals surface area contributed by atoms with Crippen molar-refractivity contribution in [2.24, 2.45) is 4.99 Å². The first kappa shape index (κ1) is 19.8. The van der Waals surface area contributed by atoms with Gasteiger partial charge < -0.3 is 9.47 Å². The van der Waals surface area contributed by atoms with Crippen molar-refractivity contribution in [3.8, 4) is 11.5 Å². The summed E-state index contributed by atoms with van der Waals surface area (Å²) in [7, 11) is 3.21. The number of carbonyl (C=O) groups is 1. The molecule has 3 rings (SSSR count). The fraction of sp³-hybridized carbons (Fsp3) is 0.200. The molecule has 7 heteroatoms. The molecule has 0 radical (unpaired) electrons. The van der Waals surface area contributed by atoms with Crippen LogP contribution in [0.5, 0.6) is 11.5 Å². The highest BCUT2D eigenvalue weighted by Gasteiger charge is 2.32.